The molecule has 0 fully saturated rings. The number of ether oxygens (including phenoxy) is 1. The van der Waals surface area contributed by atoms with Crippen LogP contribution in [-0.4, -0.2) is 24.6 Å². The molecular weight excluding hydrogens is 489 g/mol. The average molecular weight is 520 g/mol. The summed E-state index contributed by atoms with van der Waals surface area (Å²) >= 11 is 0. The molecule has 0 saturated heterocycles. The maximum atomic E-state index is 14.9. The molecule has 5 heteroatoms. The molecule has 4 aromatic rings. The van der Waals surface area contributed by atoms with Gasteiger partial charge in [0.25, 0.3) is 0 Å². The highest BCUT2D eigenvalue weighted by Gasteiger charge is 2.18. The molecule has 0 atom stereocenters. The average Bonchev–Trinajstić information content (AvgIpc) is 2.97. The Balaban J connectivity index is 1.77. The van der Waals surface area contributed by atoms with Crippen LogP contribution in [0.2, 0.25) is 0 Å². The molecule has 0 saturated carbocycles. The van der Waals surface area contributed by atoms with E-state index in [0.717, 1.165) is 5.56 Å². The molecule has 4 rings (SSSR count). The maximum absolute atomic E-state index is 14.9. The summed E-state index contributed by atoms with van der Waals surface area (Å²) in [7, 11) is 1.28. The fourth-order valence-electron chi connectivity index (χ4n) is 4.26. The van der Waals surface area contributed by atoms with Crippen molar-refractivity contribution in [1.82, 2.24) is 0 Å². The van der Waals surface area contributed by atoms with Crippen LogP contribution in [0.4, 0.5) is 10.1 Å². The van der Waals surface area contributed by atoms with Gasteiger partial charge in [-0.25, -0.2) is 14.2 Å². The Morgan fingerprint density at radius 3 is 2.05 bits per heavy atom. The van der Waals surface area contributed by atoms with Crippen LogP contribution >= 0.6 is 0 Å². The molecule has 0 unspecified atom stereocenters. The number of methoxy groups -OCH3 is 1. The summed E-state index contributed by atoms with van der Waals surface area (Å²) in [4.78, 5) is 30.6. The van der Waals surface area contributed by atoms with Crippen molar-refractivity contribution in [3.05, 3.63) is 143 Å². The van der Waals surface area contributed by atoms with Gasteiger partial charge in [0.05, 0.1) is 12.8 Å². The van der Waals surface area contributed by atoms with Crippen LogP contribution < -0.4 is 0 Å². The number of ketones is 1. The molecular formula is C34H30FNO3. The van der Waals surface area contributed by atoms with E-state index in [-0.39, 0.29) is 23.7 Å². The number of allylic oxidation sites excluding steroid dienone is 1. The topological polar surface area (TPSA) is 55.7 Å². The quantitative estimate of drug-likeness (QED) is 0.128. The zero-order valence-electron chi connectivity index (χ0n) is 22.2. The smallest absolute Gasteiger partial charge is 0.352 e. The van der Waals surface area contributed by atoms with Gasteiger partial charge in [0.2, 0.25) is 0 Å². The molecule has 0 N–H and O–H groups in total. The van der Waals surface area contributed by atoms with Crippen LogP contribution in [0.15, 0.2) is 114 Å². The van der Waals surface area contributed by atoms with Crippen molar-refractivity contribution in [1.29, 1.82) is 0 Å². The number of carbonyl (C=O) groups is 2. The first-order valence-electron chi connectivity index (χ1n) is 12.8. The second-order valence-corrected chi connectivity index (χ2v) is 9.34. The molecule has 0 aliphatic heterocycles. The SMILES string of the molecule is COC(=O)C(CC=C(c1ccc(C(C)C)cc1)c1ccccc1F)=Nc1ccccc1C(=O)c1ccccc1. The number of benzene rings is 4. The van der Waals surface area contributed by atoms with Gasteiger partial charge < -0.3 is 4.74 Å². The zero-order valence-corrected chi connectivity index (χ0v) is 22.2. The summed E-state index contributed by atoms with van der Waals surface area (Å²) in [5.74, 6) is -0.841. The number of aliphatic imine (C=N–C) groups is 1. The van der Waals surface area contributed by atoms with Gasteiger partial charge in [-0.05, 0) is 40.8 Å². The third-order valence-electron chi connectivity index (χ3n) is 6.41. The summed E-state index contributed by atoms with van der Waals surface area (Å²) in [6, 6.07) is 30.3. The number of hydrogen-bond donors (Lipinski definition) is 0. The fourth-order valence-corrected chi connectivity index (χ4v) is 4.26. The molecule has 0 spiro atoms. The number of nitrogens with zero attached hydrogens (tertiary/aromatic N) is 1. The molecule has 0 aliphatic carbocycles. The lowest BCUT2D eigenvalue weighted by Gasteiger charge is -2.13. The van der Waals surface area contributed by atoms with Gasteiger partial charge in [0, 0.05) is 23.1 Å². The van der Waals surface area contributed by atoms with Crippen LogP contribution in [0.3, 0.4) is 0 Å². The Morgan fingerprint density at radius 1 is 0.795 bits per heavy atom. The first-order valence-corrected chi connectivity index (χ1v) is 12.8. The Bertz CT molecular complexity index is 1520. The second kappa shape index (κ2) is 12.7. The van der Waals surface area contributed by atoms with Crippen molar-refractivity contribution in [2.75, 3.05) is 7.11 Å². The highest BCUT2D eigenvalue weighted by atomic mass is 19.1. The molecule has 4 aromatic carbocycles. The summed E-state index contributed by atoms with van der Waals surface area (Å²) in [5.41, 5.74) is 4.37. The molecule has 0 amide bonds. The molecule has 0 aliphatic rings. The van der Waals surface area contributed by atoms with Gasteiger partial charge in [-0.1, -0.05) is 105 Å². The van der Waals surface area contributed by atoms with Gasteiger partial charge in [0.15, 0.2) is 5.78 Å². The van der Waals surface area contributed by atoms with E-state index < -0.39 is 5.97 Å². The number of esters is 1. The summed E-state index contributed by atoms with van der Waals surface area (Å²) in [6.45, 7) is 4.23. The lowest BCUT2D eigenvalue weighted by atomic mass is 9.93. The van der Waals surface area contributed by atoms with Crippen molar-refractivity contribution in [2.45, 2.75) is 26.2 Å². The van der Waals surface area contributed by atoms with Gasteiger partial charge >= 0.3 is 5.97 Å². The molecule has 39 heavy (non-hydrogen) atoms. The van der Waals surface area contributed by atoms with Crippen molar-refractivity contribution in [3.63, 3.8) is 0 Å². The molecule has 0 heterocycles. The van der Waals surface area contributed by atoms with Crippen LogP contribution in [0.1, 0.15) is 58.8 Å². The Kier molecular flexibility index (Phi) is 8.95. The van der Waals surface area contributed by atoms with Crippen molar-refractivity contribution in [2.24, 2.45) is 4.99 Å². The Morgan fingerprint density at radius 2 is 1.41 bits per heavy atom. The van der Waals surface area contributed by atoms with E-state index in [4.69, 9.17) is 4.74 Å². The second-order valence-electron chi connectivity index (χ2n) is 9.34. The van der Waals surface area contributed by atoms with E-state index in [1.807, 2.05) is 30.3 Å². The third kappa shape index (κ3) is 6.63. The van der Waals surface area contributed by atoms with Crippen LogP contribution in [-0.2, 0) is 9.53 Å². The normalized spacial score (nSPS) is 11.9. The van der Waals surface area contributed by atoms with Gasteiger partial charge in [-0.2, -0.15) is 0 Å². The largest absolute Gasteiger partial charge is 0.465 e. The van der Waals surface area contributed by atoms with Gasteiger partial charge in [0.1, 0.15) is 11.5 Å². The van der Waals surface area contributed by atoms with E-state index in [2.05, 4.69) is 18.8 Å². The number of hydrogen-bond acceptors (Lipinski definition) is 4. The standard InChI is InChI=1S/C34H30FNO3/c1-23(2)24-17-19-25(20-18-24)27(28-13-7-9-15-30(28)35)21-22-32(34(38)39-3)36-31-16-10-8-14-29(31)33(37)26-11-5-4-6-12-26/h4-21,23H,22H2,1-3H3. The number of para-hydroxylation sites is 1. The number of rotatable bonds is 9. The highest BCUT2D eigenvalue weighted by molar-refractivity contribution is 6.37. The minimum atomic E-state index is -0.628. The van der Waals surface area contributed by atoms with E-state index in [1.165, 1.54) is 18.7 Å². The van der Waals surface area contributed by atoms with E-state index >= 15 is 0 Å². The van der Waals surface area contributed by atoms with Gasteiger partial charge in [-0.3, -0.25) is 4.79 Å². The fraction of sp³-hybridized carbons (Fsp3) is 0.147. The monoisotopic (exact) mass is 519 g/mol. The minimum absolute atomic E-state index is 0.0656. The minimum Gasteiger partial charge on any atom is -0.465 e. The maximum Gasteiger partial charge on any atom is 0.352 e. The lowest BCUT2D eigenvalue weighted by Crippen LogP contribution is -2.15. The summed E-state index contributed by atoms with van der Waals surface area (Å²) in [5, 5.41) is 0. The summed E-state index contributed by atoms with van der Waals surface area (Å²) < 4.78 is 20.0. The molecule has 196 valence electrons. The first kappa shape index (κ1) is 27.4. The molecule has 0 radical (unpaired) electrons. The van der Waals surface area contributed by atoms with E-state index in [0.29, 0.717) is 33.9 Å². The predicted molar refractivity (Wildman–Crippen MR) is 154 cm³/mol. The molecule has 4 nitrogen and oxygen atoms in total. The predicted octanol–water partition coefficient (Wildman–Crippen LogP) is 7.95. The summed E-state index contributed by atoms with van der Waals surface area (Å²) in [6.07, 6.45) is 1.84. The first-order chi connectivity index (χ1) is 18.9. The van der Waals surface area contributed by atoms with E-state index in [1.54, 1.807) is 72.8 Å². The van der Waals surface area contributed by atoms with Crippen LogP contribution in [0.25, 0.3) is 5.57 Å². The van der Waals surface area contributed by atoms with Crippen molar-refractivity contribution in [3.8, 4) is 0 Å². The van der Waals surface area contributed by atoms with Crippen molar-refractivity contribution >= 4 is 28.7 Å². The molecule has 0 aromatic heterocycles. The number of carbonyl (C=O) groups excluding carboxylic acids is 2. The van der Waals surface area contributed by atoms with Gasteiger partial charge in [-0.15, -0.1) is 0 Å². The lowest BCUT2D eigenvalue weighted by molar-refractivity contribution is -0.132. The Labute approximate surface area is 228 Å². The Hall–Kier alpha value is -4.64. The zero-order chi connectivity index (χ0) is 27.8. The molecule has 0 bridgehead atoms. The number of halogens is 1. The van der Waals surface area contributed by atoms with Crippen molar-refractivity contribution < 1.29 is 18.7 Å². The highest BCUT2D eigenvalue weighted by Crippen LogP contribution is 2.29. The third-order valence-corrected chi connectivity index (χ3v) is 6.41. The van der Waals surface area contributed by atoms with Crippen LogP contribution in [0, 0.1) is 5.82 Å². The van der Waals surface area contributed by atoms with E-state index in [9.17, 15) is 14.0 Å². The van der Waals surface area contributed by atoms with Crippen LogP contribution in [0.5, 0.6) is 0 Å².